The van der Waals surface area contributed by atoms with E-state index >= 15 is 0 Å². The number of hydrogen-bond acceptors (Lipinski definition) is 4. The van der Waals surface area contributed by atoms with E-state index in [9.17, 15) is 9.59 Å². The number of Topliss-reactive ketones (excluding diaryl/α,β-unsaturated/α-hetero) is 1. The minimum atomic E-state index is -0.222. The summed E-state index contributed by atoms with van der Waals surface area (Å²) >= 11 is 0. The zero-order chi connectivity index (χ0) is 25.2. The first-order valence-electron chi connectivity index (χ1n) is 12.9. The molecule has 1 aliphatic rings. The van der Waals surface area contributed by atoms with Crippen LogP contribution in [0, 0.1) is 0 Å². The van der Waals surface area contributed by atoms with Crippen LogP contribution in [-0.4, -0.2) is 23.3 Å². The summed E-state index contributed by atoms with van der Waals surface area (Å²) in [5, 5.41) is 2.90. The van der Waals surface area contributed by atoms with Crippen molar-refractivity contribution in [3.63, 3.8) is 0 Å². The highest BCUT2D eigenvalue weighted by Gasteiger charge is 2.16. The number of hydrogen-bond donors (Lipinski definition) is 1. The second-order valence-electron chi connectivity index (χ2n) is 9.18. The number of ketones is 1. The van der Waals surface area contributed by atoms with E-state index in [1.807, 2.05) is 54.6 Å². The Balaban J connectivity index is 1.40. The van der Waals surface area contributed by atoms with Crippen LogP contribution in [0.15, 0.2) is 66.7 Å². The number of unbranched alkanes of at least 4 members (excludes halogenated alkanes) is 4. The van der Waals surface area contributed by atoms with Gasteiger partial charge >= 0.3 is 0 Å². The molecule has 0 saturated carbocycles. The topological polar surface area (TPSA) is 68.3 Å². The van der Waals surface area contributed by atoms with E-state index in [0.717, 1.165) is 41.0 Å². The van der Waals surface area contributed by atoms with Crippen molar-refractivity contribution in [2.45, 2.75) is 58.3 Å². The molecular weight excluding hydrogens is 448 g/mol. The van der Waals surface area contributed by atoms with Crippen LogP contribution < -0.4 is 10.1 Å². The van der Waals surface area contributed by atoms with Gasteiger partial charge in [0, 0.05) is 30.4 Å². The predicted molar refractivity (Wildman–Crippen MR) is 145 cm³/mol. The van der Waals surface area contributed by atoms with E-state index in [1.165, 1.54) is 25.7 Å². The number of pyridine rings is 1. The van der Waals surface area contributed by atoms with Crippen LogP contribution in [0.2, 0.25) is 0 Å². The molecule has 1 amide bonds. The van der Waals surface area contributed by atoms with Crippen molar-refractivity contribution in [2.75, 3.05) is 11.9 Å². The van der Waals surface area contributed by atoms with Gasteiger partial charge in [-0.05, 0) is 54.3 Å². The van der Waals surface area contributed by atoms with Gasteiger partial charge in [-0.25, -0.2) is 4.98 Å². The van der Waals surface area contributed by atoms with Gasteiger partial charge in [0.15, 0.2) is 5.78 Å². The van der Waals surface area contributed by atoms with E-state index in [2.05, 4.69) is 29.4 Å². The van der Waals surface area contributed by atoms with Crippen LogP contribution in [-0.2, 0) is 11.2 Å². The summed E-state index contributed by atoms with van der Waals surface area (Å²) in [4.78, 5) is 30.0. The Morgan fingerprint density at radius 3 is 2.69 bits per heavy atom. The molecule has 1 aliphatic heterocycles. The number of anilines is 1. The normalized spacial score (nSPS) is 12.4. The number of aromatic nitrogens is 1. The molecule has 0 atom stereocenters. The molecule has 3 aromatic rings. The van der Waals surface area contributed by atoms with Gasteiger partial charge in [-0.3, -0.25) is 9.59 Å². The lowest BCUT2D eigenvalue weighted by Gasteiger charge is -2.09. The molecule has 36 heavy (non-hydrogen) atoms. The van der Waals surface area contributed by atoms with Crippen molar-refractivity contribution < 1.29 is 14.3 Å². The largest absolute Gasteiger partial charge is 0.493 e. The number of carbonyl (C=O) groups excluding carboxylic acids is 2. The number of rotatable bonds is 12. The van der Waals surface area contributed by atoms with Crippen LogP contribution in [0.3, 0.4) is 0 Å². The van der Waals surface area contributed by atoms with Gasteiger partial charge in [-0.15, -0.1) is 0 Å². The lowest BCUT2D eigenvalue weighted by molar-refractivity contribution is -0.116. The second-order valence-corrected chi connectivity index (χ2v) is 9.18. The lowest BCUT2D eigenvalue weighted by atomic mass is 10.0. The summed E-state index contributed by atoms with van der Waals surface area (Å²) in [6.45, 7) is 2.87. The Hall–Kier alpha value is -3.73. The molecule has 0 spiro atoms. The predicted octanol–water partition coefficient (Wildman–Crippen LogP) is 7.27. The first-order chi connectivity index (χ1) is 17.6. The Bertz CT molecular complexity index is 1220. The van der Waals surface area contributed by atoms with Gasteiger partial charge in [0.2, 0.25) is 5.91 Å². The van der Waals surface area contributed by atoms with Crippen molar-refractivity contribution in [3.8, 4) is 17.0 Å². The number of nitrogens with zero attached hydrogens (tertiary/aromatic N) is 1. The summed E-state index contributed by atoms with van der Waals surface area (Å²) in [5.74, 6) is 1.08. The highest BCUT2D eigenvalue weighted by molar-refractivity contribution is 6.00. The number of nitrogens with one attached hydrogen (secondary N) is 1. The zero-order valence-corrected chi connectivity index (χ0v) is 21.0. The molecule has 2 heterocycles. The van der Waals surface area contributed by atoms with Crippen LogP contribution in [0.25, 0.3) is 17.3 Å². The number of fused-ring (bicyclic) bond motifs is 1. The van der Waals surface area contributed by atoms with Gasteiger partial charge in [-0.1, -0.05) is 68.7 Å². The standard InChI is InChI=1S/C31H34N2O3/c1-2-3-4-5-6-8-11-23-20-27(24-12-9-7-10-13-24)32-30(21-23)33-31(35)17-15-28(34)25-14-16-29-26(22-25)18-19-36-29/h7-14,16,20-22H,2-6,15,17-19H2,1H3,(H,32,33,35)/b11-8+. The fourth-order valence-electron chi connectivity index (χ4n) is 4.31. The van der Waals surface area contributed by atoms with Crippen molar-refractivity contribution in [3.05, 3.63) is 83.4 Å². The summed E-state index contributed by atoms with van der Waals surface area (Å²) < 4.78 is 5.51. The highest BCUT2D eigenvalue weighted by atomic mass is 16.5. The molecule has 0 radical (unpaired) electrons. The van der Waals surface area contributed by atoms with E-state index in [4.69, 9.17) is 4.74 Å². The maximum Gasteiger partial charge on any atom is 0.225 e. The van der Waals surface area contributed by atoms with E-state index in [1.54, 1.807) is 6.07 Å². The second kappa shape index (κ2) is 12.8. The van der Waals surface area contributed by atoms with Crippen molar-refractivity contribution in [1.82, 2.24) is 4.98 Å². The van der Waals surface area contributed by atoms with Gasteiger partial charge in [0.25, 0.3) is 0 Å². The number of benzene rings is 2. The third-order valence-corrected chi connectivity index (χ3v) is 6.31. The minimum absolute atomic E-state index is 0.0439. The molecule has 4 rings (SSSR count). The molecular formula is C31H34N2O3. The van der Waals surface area contributed by atoms with Gasteiger partial charge < -0.3 is 10.1 Å². The fourth-order valence-corrected chi connectivity index (χ4v) is 4.31. The van der Waals surface area contributed by atoms with Crippen molar-refractivity contribution in [1.29, 1.82) is 0 Å². The zero-order valence-electron chi connectivity index (χ0n) is 21.0. The van der Waals surface area contributed by atoms with E-state index in [-0.39, 0.29) is 24.5 Å². The quantitative estimate of drug-likeness (QED) is 0.218. The molecule has 0 bridgehead atoms. The Kier molecular flexibility index (Phi) is 9.03. The van der Waals surface area contributed by atoms with E-state index < -0.39 is 0 Å². The number of allylic oxidation sites excluding steroid dienone is 1. The van der Waals surface area contributed by atoms with Gasteiger partial charge in [0.05, 0.1) is 12.3 Å². The third-order valence-electron chi connectivity index (χ3n) is 6.31. The first kappa shape index (κ1) is 25.4. The number of carbonyl (C=O) groups is 2. The molecule has 1 N–H and O–H groups in total. The molecule has 0 saturated heterocycles. The fraction of sp³-hybridized carbons (Fsp3) is 0.323. The van der Waals surface area contributed by atoms with Gasteiger partial charge in [-0.2, -0.15) is 0 Å². The smallest absolute Gasteiger partial charge is 0.225 e. The number of amides is 1. The minimum Gasteiger partial charge on any atom is -0.493 e. The lowest BCUT2D eigenvalue weighted by Crippen LogP contribution is -2.14. The van der Waals surface area contributed by atoms with E-state index in [0.29, 0.717) is 18.0 Å². The monoisotopic (exact) mass is 482 g/mol. The van der Waals surface area contributed by atoms with Crippen molar-refractivity contribution in [2.24, 2.45) is 0 Å². The van der Waals surface area contributed by atoms with Gasteiger partial charge in [0.1, 0.15) is 11.6 Å². The molecule has 5 nitrogen and oxygen atoms in total. The summed E-state index contributed by atoms with van der Waals surface area (Å²) in [6, 6.07) is 19.3. The Morgan fingerprint density at radius 1 is 1.00 bits per heavy atom. The molecule has 0 aliphatic carbocycles. The first-order valence-corrected chi connectivity index (χ1v) is 12.9. The average molecular weight is 483 g/mol. The summed E-state index contributed by atoms with van der Waals surface area (Å²) in [6.07, 6.45) is 11.3. The maximum absolute atomic E-state index is 12.7. The third kappa shape index (κ3) is 7.14. The molecule has 0 fully saturated rings. The summed E-state index contributed by atoms with van der Waals surface area (Å²) in [5.41, 5.74) is 4.46. The molecule has 5 heteroatoms. The molecule has 2 aromatic carbocycles. The Labute approximate surface area is 213 Å². The van der Waals surface area contributed by atoms with Crippen LogP contribution in [0.5, 0.6) is 5.75 Å². The molecule has 186 valence electrons. The number of ether oxygens (including phenoxy) is 1. The average Bonchev–Trinajstić information content (AvgIpc) is 3.38. The molecule has 0 unspecified atom stereocenters. The molecule has 1 aromatic heterocycles. The van der Waals surface area contributed by atoms with Crippen LogP contribution in [0.1, 0.15) is 73.4 Å². The van der Waals surface area contributed by atoms with Crippen molar-refractivity contribution >= 4 is 23.6 Å². The maximum atomic E-state index is 12.7. The van der Waals surface area contributed by atoms with Crippen LogP contribution in [0.4, 0.5) is 5.82 Å². The van der Waals surface area contributed by atoms with Crippen LogP contribution >= 0.6 is 0 Å². The summed E-state index contributed by atoms with van der Waals surface area (Å²) in [7, 11) is 0. The highest BCUT2D eigenvalue weighted by Crippen LogP contribution is 2.27. The Morgan fingerprint density at radius 2 is 1.86 bits per heavy atom. The SMILES string of the molecule is CCCCCC/C=C/c1cc(NC(=O)CCC(=O)c2ccc3c(c2)CCO3)nc(-c2ccccc2)c1.